The average Bonchev–Trinajstić information content (AvgIpc) is 2.78. The highest BCUT2D eigenvalue weighted by Crippen LogP contribution is 2.25. The highest BCUT2D eigenvalue weighted by Gasteiger charge is 2.28. The number of amides is 2. The van der Waals surface area contributed by atoms with Crippen LogP contribution < -0.4 is 15.4 Å². The number of benzene rings is 2. The maximum Gasteiger partial charge on any atom is 0.251 e. The monoisotopic (exact) mass is 419 g/mol. The van der Waals surface area contributed by atoms with Crippen molar-refractivity contribution in [2.24, 2.45) is 5.92 Å². The van der Waals surface area contributed by atoms with Crippen LogP contribution in [0.3, 0.4) is 0 Å². The normalized spacial score (nSPS) is 18.1. The maximum absolute atomic E-state index is 12.8. The van der Waals surface area contributed by atoms with E-state index in [0.29, 0.717) is 29.9 Å². The molecule has 6 heteroatoms. The fourth-order valence-corrected chi connectivity index (χ4v) is 3.82. The van der Waals surface area contributed by atoms with Crippen LogP contribution in [0.15, 0.2) is 48.5 Å². The Balaban J connectivity index is 1.55. The van der Waals surface area contributed by atoms with Crippen molar-refractivity contribution < 1.29 is 14.3 Å². The van der Waals surface area contributed by atoms with Crippen molar-refractivity contribution in [2.45, 2.75) is 58.2 Å². The standard InChI is InChI=1S/C25H29N3O3/c1-17(2)27-24(29)21-7-4-8-22(14-21)28-25(30)20-6-3-5-19(13-20)16-31-23-11-9-18(15-26)10-12-23/h3,5-6,9-13,17,21-22H,4,7-8,14,16H2,1-2H3,(H,27,29)(H,28,30). The molecule has 1 aliphatic carbocycles. The molecule has 6 nitrogen and oxygen atoms in total. The van der Waals surface area contributed by atoms with Gasteiger partial charge in [-0.25, -0.2) is 0 Å². The summed E-state index contributed by atoms with van der Waals surface area (Å²) < 4.78 is 5.76. The van der Waals surface area contributed by atoms with Crippen LogP contribution in [0.2, 0.25) is 0 Å². The van der Waals surface area contributed by atoms with Crippen LogP contribution in [0.25, 0.3) is 0 Å². The van der Waals surface area contributed by atoms with E-state index in [2.05, 4.69) is 16.7 Å². The molecule has 3 rings (SSSR count). The van der Waals surface area contributed by atoms with Gasteiger partial charge in [0.15, 0.2) is 0 Å². The van der Waals surface area contributed by atoms with E-state index in [1.54, 1.807) is 30.3 Å². The molecule has 1 fully saturated rings. The van der Waals surface area contributed by atoms with Crippen LogP contribution in [0.4, 0.5) is 0 Å². The van der Waals surface area contributed by atoms with Gasteiger partial charge in [-0.2, -0.15) is 5.26 Å². The Kier molecular flexibility index (Phi) is 7.66. The lowest BCUT2D eigenvalue weighted by atomic mass is 9.85. The topological polar surface area (TPSA) is 91.2 Å². The molecule has 2 N–H and O–H groups in total. The van der Waals surface area contributed by atoms with Crippen molar-refractivity contribution >= 4 is 11.8 Å². The van der Waals surface area contributed by atoms with E-state index in [1.165, 1.54) is 0 Å². The fraction of sp³-hybridized carbons (Fsp3) is 0.400. The van der Waals surface area contributed by atoms with Gasteiger partial charge in [-0.15, -0.1) is 0 Å². The predicted octanol–water partition coefficient (Wildman–Crippen LogP) is 3.95. The van der Waals surface area contributed by atoms with E-state index in [4.69, 9.17) is 10.00 Å². The zero-order chi connectivity index (χ0) is 22.2. The van der Waals surface area contributed by atoms with Crippen LogP contribution in [0.1, 0.15) is 61.0 Å². The molecule has 2 amide bonds. The molecule has 2 aromatic rings. The first kappa shape index (κ1) is 22.4. The van der Waals surface area contributed by atoms with Gasteiger partial charge in [-0.3, -0.25) is 9.59 Å². The third-order valence-electron chi connectivity index (χ3n) is 5.39. The SMILES string of the molecule is CC(C)NC(=O)C1CCCC(NC(=O)c2cccc(COc3ccc(C#N)cc3)c2)C1. The summed E-state index contributed by atoms with van der Waals surface area (Å²) in [4.78, 5) is 25.1. The third kappa shape index (κ3) is 6.58. The number of carbonyl (C=O) groups excluding carboxylic acids is 2. The van der Waals surface area contributed by atoms with Gasteiger partial charge >= 0.3 is 0 Å². The Bertz CT molecular complexity index is 947. The summed E-state index contributed by atoms with van der Waals surface area (Å²) in [5.74, 6) is 0.571. The van der Waals surface area contributed by atoms with Gasteiger partial charge in [0, 0.05) is 23.6 Å². The average molecular weight is 420 g/mol. The lowest BCUT2D eigenvalue weighted by molar-refractivity contribution is -0.126. The number of hydrogen-bond donors (Lipinski definition) is 2. The van der Waals surface area contributed by atoms with Gasteiger partial charge in [0.1, 0.15) is 12.4 Å². The van der Waals surface area contributed by atoms with Gasteiger partial charge in [0.2, 0.25) is 5.91 Å². The number of ether oxygens (including phenoxy) is 1. The second kappa shape index (κ2) is 10.6. The molecule has 1 aliphatic rings. The first-order valence-electron chi connectivity index (χ1n) is 10.8. The minimum atomic E-state index is -0.129. The summed E-state index contributed by atoms with van der Waals surface area (Å²) in [7, 11) is 0. The zero-order valence-electron chi connectivity index (χ0n) is 18.1. The third-order valence-corrected chi connectivity index (χ3v) is 5.39. The summed E-state index contributed by atoms with van der Waals surface area (Å²) in [6.45, 7) is 4.24. The molecule has 0 spiro atoms. The van der Waals surface area contributed by atoms with E-state index < -0.39 is 0 Å². The van der Waals surface area contributed by atoms with Crippen LogP contribution >= 0.6 is 0 Å². The summed E-state index contributed by atoms with van der Waals surface area (Å²) >= 11 is 0. The number of rotatable bonds is 7. The van der Waals surface area contributed by atoms with Crippen LogP contribution in [0.5, 0.6) is 5.75 Å². The van der Waals surface area contributed by atoms with Gasteiger partial charge in [0.25, 0.3) is 5.91 Å². The van der Waals surface area contributed by atoms with Gasteiger partial charge in [0.05, 0.1) is 11.6 Å². The Morgan fingerprint density at radius 2 is 1.94 bits per heavy atom. The minimum Gasteiger partial charge on any atom is -0.489 e. The molecule has 0 saturated heterocycles. The molecule has 0 bridgehead atoms. The maximum atomic E-state index is 12.8. The fourth-order valence-electron chi connectivity index (χ4n) is 3.82. The Morgan fingerprint density at radius 3 is 2.65 bits per heavy atom. The quantitative estimate of drug-likeness (QED) is 0.711. The molecule has 1 saturated carbocycles. The van der Waals surface area contributed by atoms with Crippen LogP contribution in [0, 0.1) is 17.2 Å². The molecule has 2 atom stereocenters. The Hall–Kier alpha value is -3.33. The molecule has 0 radical (unpaired) electrons. The molecule has 0 heterocycles. The Labute approximate surface area is 183 Å². The lowest BCUT2D eigenvalue weighted by Crippen LogP contribution is -2.43. The summed E-state index contributed by atoms with van der Waals surface area (Å²) in [5.41, 5.74) is 2.04. The van der Waals surface area contributed by atoms with Crippen molar-refractivity contribution in [1.82, 2.24) is 10.6 Å². The van der Waals surface area contributed by atoms with E-state index >= 15 is 0 Å². The summed E-state index contributed by atoms with van der Waals surface area (Å²) in [6.07, 6.45) is 3.36. The molecule has 2 aromatic carbocycles. The molecule has 2 unspecified atom stereocenters. The largest absolute Gasteiger partial charge is 0.489 e. The van der Waals surface area contributed by atoms with E-state index in [9.17, 15) is 9.59 Å². The van der Waals surface area contributed by atoms with Gasteiger partial charge in [-0.1, -0.05) is 18.6 Å². The summed E-state index contributed by atoms with van der Waals surface area (Å²) in [5, 5.41) is 14.9. The van der Waals surface area contributed by atoms with Crippen LogP contribution in [-0.4, -0.2) is 23.9 Å². The first-order valence-corrected chi connectivity index (χ1v) is 10.8. The van der Waals surface area contributed by atoms with Crippen LogP contribution in [-0.2, 0) is 11.4 Å². The first-order chi connectivity index (χ1) is 14.9. The number of nitrogens with one attached hydrogen (secondary N) is 2. The number of carbonyl (C=O) groups is 2. The second-order valence-corrected chi connectivity index (χ2v) is 8.32. The lowest BCUT2D eigenvalue weighted by Gasteiger charge is -2.29. The van der Waals surface area contributed by atoms with E-state index in [-0.39, 0.29) is 29.8 Å². The second-order valence-electron chi connectivity index (χ2n) is 8.32. The van der Waals surface area contributed by atoms with Crippen molar-refractivity contribution in [3.8, 4) is 11.8 Å². The highest BCUT2D eigenvalue weighted by molar-refractivity contribution is 5.94. The number of nitriles is 1. The predicted molar refractivity (Wildman–Crippen MR) is 118 cm³/mol. The summed E-state index contributed by atoms with van der Waals surface area (Å²) in [6, 6.07) is 16.5. The van der Waals surface area contributed by atoms with Gasteiger partial charge in [-0.05, 0) is 75.1 Å². The van der Waals surface area contributed by atoms with Crippen molar-refractivity contribution in [3.05, 3.63) is 65.2 Å². The van der Waals surface area contributed by atoms with E-state index in [1.807, 2.05) is 32.0 Å². The molecular formula is C25H29N3O3. The molecule has 0 aliphatic heterocycles. The van der Waals surface area contributed by atoms with Crippen molar-refractivity contribution in [1.29, 1.82) is 5.26 Å². The molecule has 162 valence electrons. The smallest absolute Gasteiger partial charge is 0.251 e. The Morgan fingerprint density at radius 1 is 1.16 bits per heavy atom. The number of nitrogens with zero attached hydrogens (tertiary/aromatic N) is 1. The number of hydrogen-bond acceptors (Lipinski definition) is 4. The molecule has 31 heavy (non-hydrogen) atoms. The molecular weight excluding hydrogens is 390 g/mol. The van der Waals surface area contributed by atoms with E-state index in [0.717, 1.165) is 24.8 Å². The van der Waals surface area contributed by atoms with Gasteiger partial charge < -0.3 is 15.4 Å². The highest BCUT2D eigenvalue weighted by atomic mass is 16.5. The zero-order valence-corrected chi connectivity index (χ0v) is 18.1. The minimum absolute atomic E-state index is 0.00252. The van der Waals surface area contributed by atoms with Crippen molar-refractivity contribution in [3.63, 3.8) is 0 Å². The van der Waals surface area contributed by atoms with Crippen molar-refractivity contribution in [2.75, 3.05) is 0 Å². The molecule has 0 aromatic heterocycles.